The van der Waals surface area contributed by atoms with Crippen molar-refractivity contribution in [2.75, 3.05) is 0 Å². The fourth-order valence-corrected chi connectivity index (χ4v) is 3.86. The van der Waals surface area contributed by atoms with Crippen molar-refractivity contribution in [1.82, 2.24) is 0 Å². The molecule has 4 aromatic rings. The van der Waals surface area contributed by atoms with Gasteiger partial charge in [0.05, 0.1) is 0 Å². The van der Waals surface area contributed by atoms with Crippen LogP contribution in [0.2, 0.25) is 0 Å². The van der Waals surface area contributed by atoms with Crippen LogP contribution in [-0.4, -0.2) is 11.9 Å². The zero-order valence-corrected chi connectivity index (χ0v) is 17.2. The normalized spacial score (nSPS) is 10.9. The molecule has 4 rings (SSSR count). The number of fused-ring (bicyclic) bond motifs is 2. The molecule has 0 atom stereocenters. The van der Waals surface area contributed by atoms with Gasteiger partial charge in [0.15, 0.2) is 0 Å². The molecule has 0 aliphatic rings. The van der Waals surface area contributed by atoms with E-state index < -0.39 is 0 Å². The van der Waals surface area contributed by atoms with Crippen molar-refractivity contribution in [3.63, 3.8) is 0 Å². The number of carbonyl (C=O) groups excluding carboxylic acids is 2. The predicted molar refractivity (Wildman–Crippen MR) is 119 cm³/mol. The molecule has 30 heavy (non-hydrogen) atoms. The van der Waals surface area contributed by atoms with Crippen LogP contribution in [-0.2, 0) is 16.0 Å². The van der Waals surface area contributed by atoms with Crippen LogP contribution in [0, 0.1) is 0 Å². The van der Waals surface area contributed by atoms with Crippen LogP contribution in [0.4, 0.5) is 0 Å². The van der Waals surface area contributed by atoms with E-state index in [1.807, 2.05) is 66.7 Å². The van der Waals surface area contributed by atoms with E-state index in [4.69, 9.17) is 9.47 Å². The summed E-state index contributed by atoms with van der Waals surface area (Å²) in [4.78, 5) is 23.6. The molecule has 0 saturated carbocycles. The molecule has 0 bridgehead atoms. The van der Waals surface area contributed by atoms with Gasteiger partial charge in [-0.25, -0.2) is 0 Å². The molecule has 0 aromatic heterocycles. The van der Waals surface area contributed by atoms with Crippen molar-refractivity contribution in [3.8, 4) is 22.6 Å². The first kappa shape index (κ1) is 19.6. The van der Waals surface area contributed by atoms with Gasteiger partial charge < -0.3 is 9.47 Å². The summed E-state index contributed by atoms with van der Waals surface area (Å²) in [6.07, 6.45) is 0.835. The lowest BCUT2D eigenvalue weighted by atomic mass is 9.90. The smallest absolute Gasteiger partial charge is 0.308 e. The standard InChI is InChI=1S/C26H22O4/c1-4-18-13-14-23(24(15-18)29-16(2)27)25-19-9-5-7-11-21(19)26(30-17(3)28)22-12-8-6-10-20(22)25/h5-15H,4H2,1-3H3. The number of carbonyl (C=O) groups is 2. The van der Waals surface area contributed by atoms with Gasteiger partial charge >= 0.3 is 11.9 Å². The molecule has 0 fully saturated rings. The number of aryl methyl sites for hydroxylation is 1. The van der Waals surface area contributed by atoms with Crippen molar-refractivity contribution in [1.29, 1.82) is 0 Å². The van der Waals surface area contributed by atoms with Crippen LogP contribution in [0.1, 0.15) is 26.3 Å². The Morgan fingerprint density at radius 2 is 1.27 bits per heavy atom. The van der Waals surface area contributed by atoms with Crippen LogP contribution >= 0.6 is 0 Å². The van der Waals surface area contributed by atoms with Gasteiger partial charge in [-0.05, 0) is 28.8 Å². The molecule has 0 aliphatic heterocycles. The zero-order valence-electron chi connectivity index (χ0n) is 17.2. The van der Waals surface area contributed by atoms with Gasteiger partial charge in [-0.3, -0.25) is 9.59 Å². The third kappa shape index (κ3) is 3.52. The lowest BCUT2D eigenvalue weighted by Crippen LogP contribution is -2.05. The fraction of sp³-hybridized carbons (Fsp3) is 0.154. The van der Waals surface area contributed by atoms with Crippen molar-refractivity contribution >= 4 is 33.5 Å². The minimum Gasteiger partial charge on any atom is -0.426 e. The Labute approximate surface area is 175 Å². The Balaban J connectivity index is 2.15. The second-order valence-electron chi connectivity index (χ2n) is 7.17. The highest BCUT2D eigenvalue weighted by molar-refractivity contribution is 6.18. The Morgan fingerprint density at radius 3 is 1.77 bits per heavy atom. The molecule has 0 spiro atoms. The summed E-state index contributed by atoms with van der Waals surface area (Å²) < 4.78 is 11.2. The average Bonchev–Trinajstić information content (AvgIpc) is 2.73. The molecule has 4 nitrogen and oxygen atoms in total. The molecule has 4 heteroatoms. The molecule has 0 aliphatic carbocycles. The third-order valence-corrected chi connectivity index (χ3v) is 5.11. The largest absolute Gasteiger partial charge is 0.426 e. The van der Waals surface area contributed by atoms with Crippen molar-refractivity contribution < 1.29 is 19.1 Å². The van der Waals surface area contributed by atoms with Gasteiger partial charge in [0.1, 0.15) is 11.5 Å². The minimum atomic E-state index is -0.369. The molecule has 0 unspecified atom stereocenters. The van der Waals surface area contributed by atoms with Crippen molar-refractivity contribution in [2.45, 2.75) is 27.2 Å². The van der Waals surface area contributed by atoms with E-state index in [2.05, 4.69) is 6.92 Å². The third-order valence-electron chi connectivity index (χ3n) is 5.11. The number of hydrogen-bond acceptors (Lipinski definition) is 4. The van der Waals surface area contributed by atoms with Crippen LogP contribution in [0.25, 0.3) is 32.7 Å². The molecule has 150 valence electrons. The van der Waals surface area contributed by atoms with Crippen LogP contribution in [0.3, 0.4) is 0 Å². The monoisotopic (exact) mass is 398 g/mol. The first-order valence-corrected chi connectivity index (χ1v) is 9.93. The highest BCUT2D eigenvalue weighted by Crippen LogP contribution is 2.45. The van der Waals surface area contributed by atoms with Gasteiger partial charge in [-0.2, -0.15) is 0 Å². The van der Waals surface area contributed by atoms with E-state index in [0.717, 1.165) is 44.7 Å². The summed E-state index contributed by atoms with van der Waals surface area (Å²) in [7, 11) is 0. The number of ether oxygens (including phenoxy) is 2. The van der Waals surface area contributed by atoms with E-state index in [9.17, 15) is 9.59 Å². The number of esters is 2. The van der Waals surface area contributed by atoms with Gasteiger partial charge in [-0.15, -0.1) is 0 Å². The summed E-state index contributed by atoms with van der Waals surface area (Å²) in [5, 5.41) is 3.50. The topological polar surface area (TPSA) is 52.6 Å². The van der Waals surface area contributed by atoms with E-state index in [0.29, 0.717) is 11.5 Å². The highest BCUT2D eigenvalue weighted by Gasteiger charge is 2.20. The van der Waals surface area contributed by atoms with E-state index in [-0.39, 0.29) is 11.9 Å². The summed E-state index contributed by atoms with van der Waals surface area (Å²) >= 11 is 0. The molecular weight excluding hydrogens is 376 g/mol. The molecule has 4 aromatic carbocycles. The van der Waals surface area contributed by atoms with Crippen molar-refractivity contribution in [3.05, 3.63) is 72.3 Å². The first-order valence-electron chi connectivity index (χ1n) is 9.93. The number of benzene rings is 4. The van der Waals surface area contributed by atoms with Crippen molar-refractivity contribution in [2.24, 2.45) is 0 Å². The number of rotatable bonds is 4. The summed E-state index contributed by atoms with van der Waals surface area (Å²) in [6, 6.07) is 21.6. The summed E-state index contributed by atoms with van der Waals surface area (Å²) in [5.74, 6) is 0.328. The summed E-state index contributed by atoms with van der Waals surface area (Å²) in [6.45, 7) is 4.87. The van der Waals surface area contributed by atoms with Crippen LogP contribution < -0.4 is 9.47 Å². The predicted octanol–water partition coefficient (Wildman–Crippen LogP) is 6.07. The van der Waals surface area contributed by atoms with Crippen LogP contribution in [0.5, 0.6) is 11.5 Å². The molecule has 0 N–H and O–H groups in total. The minimum absolute atomic E-state index is 0.366. The summed E-state index contributed by atoms with van der Waals surface area (Å²) in [5.41, 5.74) is 2.85. The maximum absolute atomic E-state index is 11.8. The second kappa shape index (κ2) is 7.99. The zero-order chi connectivity index (χ0) is 21.3. The highest BCUT2D eigenvalue weighted by atomic mass is 16.5. The van der Waals surface area contributed by atoms with Gasteiger partial charge in [-0.1, -0.05) is 67.6 Å². The lowest BCUT2D eigenvalue weighted by Gasteiger charge is -2.18. The Hall–Kier alpha value is -3.66. The van der Waals surface area contributed by atoms with Gasteiger partial charge in [0, 0.05) is 35.7 Å². The SMILES string of the molecule is CCc1ccc(-c2c3ccccc3c(OC(C)=O)c3ccccc23)c(OC(C)=O)c1. The van der Waals surface area contributed by atoms with Gasteiger partial charge in [0.25, 0.3) is 0 Å². The van der Waals surface area contributed by atoms with E-state index >= 15 is 0 Å². The maximum Gasteiger partial charge on any atom is 0.308 e. The van der Waals surface area contributed by atoms with Crippen LogP contribution in [0.15, 0.2) is 66.7 Å². The molecule has 0 saturated heterocycles. The molecule has 0 radical (unpaired) electrons. The Bertz CT molecular complexity index is 1230. The second-order valence-corrected chi connectivity index (χ2v) is 7.17. The van der Waals surface area contributed by atoms with E-state index in [1.165, 1.54) is 13.8 Å². The van der Waals surface area contributed by atoms with Gasteiger partial charge in [0.2, 0.25) is 0 Å². The molecular formula is C26H22O4. The first-order chi connectivity index (χ1) is 14.5. The Kier molecular flexibility index (Phi) is 5.23. The fourth-order valence-electron chi connectivity index (χ4n) is 3.86. The average molecular weight is 398 g/mol. The van der Waals surface area contributed by atoms with E-state index in [1.54, 1.807) is 0 Å². The quantitative estimate of drug-likeness (QED) is 0.238. The molecule has 0 heterocycles. The Morgan fingerprint density at radius 1 is 0.733 bits per heavy atom. The maximum atomic E-state index is 11.8. The molecule has 0 amide bonds. The lowest BCUT2D eigenvalue weighted by molar-refractivity contribution is -0.132. The number of hydrogen-bond donors (Lipinski definition) is 0.